The highest BCUT2D eigenvalue weighted by Crippen LogP contribution is 2.41. The second-order valence-electron chi connectivity index (χ2n) is 6.96. The van der Waals surface area contributed by atoms with Crippen LogP contribution in [0.3, 0.4) is 0 Å². The van der Waals surface area contributed by atoms with E-state index in [0.29, 0.717) is 11.7 Å². The summed E-state index contributed by atoms with van der Waals surface area (Å²) in [6.07, 6.45) is 1.02. The van der Waals surface area contributed by atoms with Crippen LogP contribution in [0.25, 0.3) is 11.0 Å². The number of aryl methyl sites for hydroxylation is 1. The van der Waals surface area contributed by atoms with Crippen LogP contribution in [0.2, 0.25) is 0 Å². The van der Waals surface area contributed by atoms with Crippen molar-refractivity contribution >= 4 is 51.1 Å². The fourth-order valence-corrected chi connectivity index (χ4v) is 4.87. The Morgan fingerprint density at radius 1 is 1.29 bits per heavy atom. The summed E-state index contributed by atoms with van der Waals surface area (Å²) in [5.74, 6) is 1.58. The molecule has 0 bridgehead atoms. The van der Waals surface area contributed by atoms with E-state index in [9.17, 15) is 0 Å². The average Bonchev–Trinajstić information content (AvgIpc) is 3.24. The first kappa shape index (κ1) is 19.7. The van der Waals surface area contributed by atoms with Gasteiger partial charge in [0.25, 0.3) is 0 Å². The number of rotatable bonds is 7. The largest absolute Gasteiger partial charge is 0.454 e. The molecule has 1 aliphatic heterocycles. The minimum atomic E-state index is 0.275. The van der Waals surface area contributed by atoms with E-state index in [-0.39, 0.29) is 6.79 Å². The van der Waals surface area contributed by atoms with Gasteiger partial charge in [0.1, 0.15) is 5.52 Å². The number of hydrogen-bond acceptors (Lipinski definition) is 6. The third-order valence-corrected chi connectivity index (χ3v) is 6.82. The van der Waals surface area contributed by atoms with Gasteiger partial charge in [0.05, 0.1) is 11.2 Å². The van der Waals surface area contributed by atoms with Crippen LogP contribution in [0, 0.1) is 3.57 Å². The Bertz CT molecular complexity index is 1010. The average molecular weight is 513 g/mol. The Balaban J connectivity index is 1.66. The first-order chi connectivity index (χ1) is 13.5. The summed E-state index contributed by atoms with van der Waals surface area (Å²) >= 11 is 3.97. The Morgan fingerprint density at radius 3 is 2.86 bits per heavy atom. The van der Waals surface area contributed by atoms with Crippen molar-refractivity contribution in [2.24, 2.45) is 0 Å². The van der Waals surface area contributed by atoms with Crippen molar-refractivity contribution in [2.45, 2.75) is 42.9 Å². The van der Waals surface area contributed by atoms with E-state index >= 15 is 0 Å². The molecule has 0 atom stereocenters. The summed E-state index contributed by atoms with van der Waals surface area (Å²) < 4.78 is 14.4. The number of para-hydroxylation sites is 1. The quantitative estimate of drug-likeness (QED) is 0.276. The van der Waals surface area contributed by atoms with Crippen molar-refractivity contribution < 1.29 is 9.47 Å². The van der Waals surface area contributed by atoms with Gasteiger partial charge in [-0.1, -0.05) is 31.7 Å². The van der Waals surface area contributed by atoms with Crippen LogP contribution in [-0.4, -0.2) is 28.9 Å². The molecule has 0 aliphatic carbocycles. The molecule has 2 heterocycles. The highest BCUT2D eigenvalue weighted by molar-refractivity contribution is 14.1. The van der Waals surface area contributed by atoms with Gasteiger partial charge in [-0.2, -0.15) is 0 Å². The van der Waals surface area contributed by atoms with Crippen molar-refractivity contribution in [3.05, 3.63) is 33.9 Å². The number of hydrogen-bond donors (Lipinski definition) is 2. The standard InChI is InChI=1S/C20H23IN4O2S/c1-12(2)23-7-4-8-25-15-6-3-5-14(22)19(15)24-20(25)28-18-10-17-16(9-13(18)21)26-11-27-17/h3,5-6,9-10,12,23H,4,7-8,11,22H2,1-2H3/i21+4,23-1. The zero-order chi connectivity index (χ0) is 19.7. The van der Waals surface area contributed by atoms with Gasteiger partial charge < -0.3 is 25.1 Å². The Morgan fingerprint density at radius 2 is 2.07 bits per heavy atom. The maximum atomic E-state index is 6.19. The second-order valence-corrected chi connectivity index (χ2v) is 9.13. The minimum Gasteiger partial charge on any atom is -0.454 e. The smallest absolute Gasteiger partial charge is 0.231 e. The number of fused-ring (bicyclic) bond motifs is 2. The number of halogens is 1. The molecule has 28 heavy (non-hydrogen) atoms. The van der Waals surface area contributed by atoms with Crippen LogP contribution in [0.4, 0.5) is 5.69 Å². The number of nitrogens with two attached hydrogens (primary N) is 1. The van der Waals surface area contributed by atoms with E-state index < -0.39 is 0 Å². The number of nitrogens with one attached hydrogen (secondary N) is 1. The molecule has 8 heteroatoms. The fourth-order valence-electron chi connectivity index (χ4n) is 3.14. The zero-order valence-electron chi connectivity index (χ0n) is 15.9. The molecule has 0 radical (unpaired) electrons. The molecule has 0 saturated heterocycles. The van der Waals surface area contributed by atoms with Gasteiger partial charge in [-0.15, -0.1) is 0 Å². The molecule has 0 unspecified atom stereocenters. The topological polar surface area (TPSA) is 74.3 Å². The highest BCUT2D eigenvalue weighted by Gasteiger charge is 2.20. The van der Waals surface area contributed by atoms with Crippen LogP contribution in [0.5, 0.6) is 11.5 Å². The van der Waals surface area contributed by atoms with Crippen LogP contribution < -0.4 is 20.5 Å². The number of ether oxygens (including phenoxy) is 2. The predicted octanol–water partition coefficient (Wildman–Crippen LogP) is 4.49. The summed E-state index contributed by atoms with van der Waals surface area (Å²) in [5.41, 5.74) is 8.83. The number of anilines is 1. The van der Waals surface area contributed by atoms with E-state index in [4.69, 9.17) is 20.2 Å². The molecule has 6 nitrogen and oxygen atoms in total. The van der Waals surface area contributed by atoms with Gasteiger partial charge in [-0.3, -0.25) is 0 Å². The molecule has 148 valence electrons. The Labute approximate surface area is 182 Å². The van der Waals surface area contributed by atoms with E-state index in [0.717, 1.165) is 55.7 Å². The van der Waals surface area contributed by atoms with Crippen LogP contribution in [0.1, 0.15) is 20.3 Å². The molecule has 2 aromatic carbocycles. The molecular weight excluding hydrogens is 490 g/mol. The molecule has 0 amide bonds. The van der Waals surface area contributed by atoms with Crippen LogP contribution in [-0.2, 0) is 6.54 Å². The summed E-state index contributed by atoms with van der Waals surface area (Å²) in [7, 11) is 0. The van der Waals surface area contributed by atoms with Crippen LogP contribution >= 0.6 is 34.4 Å². The summed E-state index contributed by atoms with van der Waals surface area (Å²) in [6, 6.07) is 10.5. The number of imidazole rings is 1. The molecule has 1 aromatic heterocycles. The van der Waals surface area contributed by atoms with Crippen LogP contribution in [0.15, 0.2) is 40.4 Å². The maximum Gasteiger partial charge on any atom is 0.231 e. The SMILES string of the molecule is CC(C)[13NH]CCCn1c(Sc2cc3c(cc2[131I])OCO3)nc2c(N)cccc21. The molecule has 4 rings (SSSR count). The van der Waals surface area contributed by atoms with Gasteiger partial charge in [0.15, 0.2) is 16.7 Å². The zero-order valence-corrected chi connectivity index (χ0v) is 18.8. The molecule has 0 spiro atoms. The van der Waals surface area contributed by atoms with Crippen molar-refractivity contribution in [2.75, 3.05) is 19.1 Å². The Kier molecular flexibility index (Phi) is 5.88. The first-order valence-corrected chi connectivity index (χ1v) is 11.2. The number of nitrogen functional groups attached to an aromatic ring is 1. The molecular formula is C20H23IN4O2S. The predicted molar refractivity (Wildman–Crippen MR) is 121 cm³/mol. The van der Waals surface area contributed by atoms with E-state index in [1.54, 1.807) is 11.8 Å². The van der Waals surface area contributed by atoms with Crippen molar-refractivity contribution in [3.8, 4) is 11.5 Å². The molecule has 1 aliphatic rings. The lowest BCUT2D eigenvalue weighted by molar-refractivity contribution is 0.174. The summed E-state index contributed by atoms with van der Waals surface area (Å²) in [6.45, 7) is 6.44. The minimum absolute atomic E-state index is 0.275. The van der Waals surface area contributed by atoms with E-state index in [2.05, 4.69) is 52.4 Å². The molecule has 0 saturated carbocycles. The molecule has 0 fully saturated rings. The number of aromatic nitrogens is 2. The monoisotopic (exact) mass is 513 g/mol. The van der Waals surface area contributed by atoms with Crippen molar-refractivity contribution in [3.63, 3.8) is 0 Å². The Hall–Kier alpha value is -1.65. The van der Waals surface area contributed by atoms with Gasteiger partial charge in [0, 0.05) is 21.1 Å². The lowest BCUT2D eigenvalue weighted by atomic mass is 10.2. The normalized spacial score (nSPS) is 13.0. The van der Waals surface area contributed by atoms with Gasteiger partial charge in [-0.05, 0) is 59.8 Å². The van der Waals surface area contributed by atoms with Crippen molar-refractivity contribution in [1.82, 2.24) is 14.9 Å². The van der Waals surface area contributed by atoms with Gasteiger partial charge in [0.2, 0.25) is 6.79 Å². The first-order valence-electron chi connectivity index (χ1n) is 9.28. The highest BCUT2D eigenvalue weighted by atomic mass is 131. The van der Waals surface area contributed by atoms with E-state index in [1.165, 1.54) is 0 Å². The van der Waals surface area contributed by atoms with Crippen molar-refractivity contribution in [1.29, 1.82) is 0 Å². The summed E-state index contributed by atoms with van der Waals surface area (Å²) in [4.78, 5) is 5.96. The molecule has 3 N–H and O–H groups in total. The maximum absolute atomic E-state index is 6.19. The molecule has 3 aromatic rings. The third-order valence-electron chi connectivity index (χ3n) is 4.51. The van der Waals surface area contributed by atoms with Gasteiger partial charge in [-0.25, -0.2) is 4.98 Å². The number of benzene rings is 2. The fraction of sp³-hybridized carbons (Fsp3) is 0.350. The second kappa shape index (κ2) is 8.38. The summed E-state index contributed by atoms with van der Waals surface area (Å²) in [5, 5.41) is 4.42. The van der Waals surface area contributed by atoms with E-state index in [1.807, 2.05) is 24.3 Å². The van der Waals surface area contributed by atoms with Gasteiger partial charge >= 0.3 is 0 Å². The number of nitrogens with zero attached hydrogens (tertiary/aromatic N) is 2. The third kappa shape index (κ3) is 4.04. The lowest BCUT2D eigenvalue weighted by Gasteiger charge is -2.12. The lowest BCUT2D eigenvalue weighted by Crippen LogP contribution is -2.24.